The zero-order valence-electron chi connectivity index (χ0n) is 32.5. The molecule has 13 nitrogen and oxygen atoms in total. The van der Waals surface area contributed by atoms with E-state index in [9.17, 15) is 9.59 Å². The van der Waals surface area contributed by atoms with Crippen LogP contribution in [0.3, 0.4) is 0 Å². The fourth-order valence-corrected chi connectivity index (χ4v) is 12.1. The van der Waals surface area contributed by atoms with Gasteiger partial charge in [-0.1, -0.05) is 20.1 Å². The molecule has 6 unspecified atom stereocenters. The summed E-state index contributed by atoms with van der Waals surface area (Å²) < 4.78 is 66.3. The summed E-state index contributed by atoms with van der Waals surface area (Å²) in [6.45, 7) is 13.7. The highest BCUT2D eigenvalue weighted by atomic mass is 16.8. The summed E-state index contributed by atoms with van der Waals surface area (Å²) >= 11 is 0. The van der Waals surface area contributed by atoms with E-state index in [0.29, 0.717) is 38.6 Å². The molecule has 1 N–H and O–H groups in total. The Morgan fingerprint density at radius 3 is 2.42 bits per heavy atom. The van der Waals surface area contributed by atoms with Crippen LogP contribution in [0.1, 0.15) is 97.3 Å². The zero-order chi connectivity index (χ0) is 37.8. The van der Waals surface area contributed by atoms with Crippen molar-refractivity contribution >= 4 is 11.9 Å². The largest absolute Gasteiger partial charge is 0.444 e. The lowest BCUT2D eigenvalue weighted by atomic mass is 9.81. The molecule has 13 heteroatoms. The van der Waals surface area contributed by atoms with E-state index >= 15 is 0 Å². The monoisotopic (exact) mass is 769 g/mol. The summed E-state index contributed by atoms with van der Waals surface area (Å²) in [5, 5.41) is 2.75. The van der Waals surface area contributed by atoms with Crippen LogP contribution in [0.4, 0.5) is 4.79 Å². The average Bonchev–Trinajstić information content (AvgIpc) is 3.90. The van der Waals surface area contributed by atoms with Gasteiger partial charge in [-0.05, 0) is 68.9 Å². The molecular formula is C42H59NO12. The Balaban J connectivity index is 0.934. The number of ketones is 1. The number of hydrogen-bond acceptors (Lipinski definition) is 12. The molecule has 0 aromatic heterocycles. The molecule has 0 radical (unpaired) electrons. The Morgan fingerprint density at radius 2 is 1.60 bits per heavy atom. The number of nitrogens with one attached hydrogen (secondary N) is 1. The van der Waals surface area contributed by atoms with Crippen molar-refractivity contribution in [3.63, 3.8) is 0 Å². The molecule has 11 heterocycles. The quantitative estimate of drug-likeness (QED) is 0.401. The van der Waals surface area contributed by atoms with Gasteiger partial charge in [0.2, 0.25) is 0 Å². The normalized spacial score (nSPS) is 53.5. The van der Waals surface area contributed by atoms with Crippen LogP contribution in [0.15, 0.2) is 24.3 Å². The van der Waals surface area contributed by atoms with E-state index in [0.717, 1.165) is 49.7 Å². The summed E-state index contributed by atoms with van der Waals surface area (Å²) in [7, 11) is 1.68. The van der Waals surface area contributed by atoms with Crippen LogP contribution in [0.5, 0.6) is 0 Å². The number of carbonyl (C=O) groups is 2. The Bertz CT molecular complexity index is 1560. The van der Waals surface area contributed by atoms with Crippen LogP contribution < -0.4 is 5.32 Å². The maximum Gasteiger partial charge on any atom is 0.407 e. The molecule has 11 saturated heterocycles. The van der Waals surface area contributed by atoms with Crippen molar-refractivity contribution in [1.29, 1.82) is 0 Å². The maximum absolute atomic E-state index is 14.2. The topological polar surface area (TPSA) is 138 Å². The molecular weight excluding hydrogens is 710 g/mol. The van der Waals surface area contributed by atoms with Crippen LogP contribution in [0.2, 0.25) is 0 Å². The average molecular weight is 770 g/mol. The number of Topliss-reactive ketones (excluding diaryl/α,β-unsaturated/α-hetero) is 1. The lowest BCUT2D eigenvalue weighted by Crippen LogP contribution is -2.61. The van der Waals surface area contributed by atoms with Crippen LogP contribution in [-0.2, 0) is 52.2 Å². The van der Waals surface area contributed by atoms with Crippen molar-refractivity contribution < 1.29 is 57.0 Å². The molecule has 11 aliphatic heterocycles. The Hall–Kier alpha value is -1.94. The third kappa shape index (κ3) is 6.65. The number of carbonyl (C=O) groups excluding carboxylic acids is 2. The van der Waals surface area contributed by atoms with Crippen molar-refractivity contribution in [3.8, 4) is 0 Å². The highest BCUT2D eigenvalue weighted by molar-refractivity contribution is 5.79. The summed E-state index contributed by atoms with van der Waals surface area (Å²) in [4.78, 5) is 26.1. The second-order valence-corrected chi connectivity index (χ2v) is 18.6. The minimum absolute atomic E-state index is 0.0271. The summed E-state index contributed by atoms with van der Waals surface area (Å²) in [6.07, 6.45) is 4.72. The predicted molar refractivity (Wildman–Crippen MR) is 194 cm³/mol. The second-order valence-electron chi connectivity index (χ2n) is 18.6. The van der Waals surface area contributed by atoms with E-state index in [1.165, 1.54) is 0 Å². The summed E-state index contributed by atoms with van der Waals surface area (Å²) in [5.41, 5.74) is 1.69. The van der Waals surface area contributed by atoms with Crippen molar-refractivity contribution in [3.05, 3.63) is 24.3 Å². The number of cyclic esters (lactones) is 1. The van der Waals surface area contributed by atoms with Crippen molar-refractivity contribution in [1.82, 2.24) is 5.32 Å². The molecule has 1 amide bonds. The van der Waals surface area contributed by atoms with E-state index in [-0.39, 0.29) is 122 Å². The first-order chi connectivity index (χ1) is 26.5. The van der Waals surface area contributed by atoms with E-state index < -0.39 is 17.5 Å². The first-order valence-corrected chi connectivity index (χ1v) is 21.1. The molecule has 55 heavy (non-hydrogen) atoms. The molecule has 19 atom stereocenters. The fourth-order valence-electron chi connectivity index (χ4n) is 12.1. The third-order valence-electron chi connectivity index (χ3n) is 14.8. The van der Waals surface area contributed by atoms with Gasteiger partial charge in [-0.15, -0.1) is 0 Å². The van der Waals surface area contributed by atoms with Crippen LogP contribution in [0.25, 0.3) is 0 Å². The lowest BCUT2D eigenvalue weighted by Gasteiger charge is -2.47. The minimum atomic E-state index is -0.822. The van der Waals surface area contributed by atoms with Crippen molar-refractivity contribution in [2.75, 3.05) is 13.7 Å². The van der Waals surface area contributed by atoms with Gasteiger partial charge in [0.15, 0.2) is 5.79 Å². The van der Waals surface area contributed by atoms with E-state index in [4.69, 9.17) is 47.4 Å². The molecule has 12 bridgehead atoms. The molecule has 1 spiro atoms. The van der Waals surface area contributed by atoms with E-state index in [1.54, 1.807) is 7.11 Å². The van der Waals surface area contributed by atoms with Crippen molar-refractivity contribution in [2.24, 2.45) is 11.8 Å². The Labute approximate surface area is 323 Å². The molecule has 0 aliphatic carbocycles. The number of alkyl carbamates (subject to hydrolysis) is 1. The number of fused-ring (bicyclic) bond motifs is 6. The van der Waals surface area contributed by atoms with Crippen LogP contribution >= 0.6 is 0 Å². The van der Waals surface area contributed by atoms with Gasteiger partial charge in [0.1, 0.15) is 48.0 Å². The Kier molecular flexibility index (Phi) is 9.58. The van der Waals surface area contributed by atoms with Gasteiger partial charge in [-0.25, -0.2) is 4.79 Å². The number of amides is 1. The van der Waals surface area contributed by atoms with Gasteiger partial charge in [-0.2, -0.15) is 0 Å². The zero-order valence-corrected chi connectivity index (χ0v) is 32.5. The molecule has 11 aliphatic rings. The van der Waals surface area contributed by atoms with E-state index in [2.05, 4.69) is 32.3 Å². The standard InChI is InChI=1S/C42H59NO12/c1-20-12-24-6-8-29-21(2)13-26(47-29)10-11-42-19-41(4)39(55-42)38-37(53-41)36(54-42)35-30(52-38)9-7-25(49-35)14-23(44)15-28-32(17-31(48-24)22(20)3)51-33(34(28)46-5)16-27-18-43-40(45)50-27/h20,24-39H,2-3,6-19H2,1,4-5H3,(H,43,45)/t20-,24+,25?,26+,27+,28+,29?,30?,31?,32+,33-,34-,35?,36+,37+,38-,39?,41+,42-/m1/s1. The first kappa shape index (κ1) is 37.3. The number of rotatable bonds is 3. The predicted octanol–water partition coefficient (Wildman–Crippen LogP) is 4.62. The smallest absolute Gasteiger partial charge is 0.407 e. The highest BCUT2D eigenvalue weighted by Gasteiger charge is 2.73. The van der Waals surface area contributed by atoms with Crippen molar-refractivity contribution in [2.45, 2.75) is 200 Å². The molecule has 11 rings (SSSR count). The van der Waals surface area contributed by atoms with E-state index in [1.807, 2.05) is 0 Å². The maximum atomic E-state index is 14.2. The molecule has 11 fully saturated rings. The van der Waals surface area contributed by atoms with Crippen LogP contribution in [0, 0.1) is 11.8 Å². The first-order valence-electron chi connectivity index (χ1n) is 21.1. The third-order valence-corrected chi connectivity index (χ3v) is 14.8. The number of hydrogen-bond donors (Lipinski definition) is 1. The number of ether oxygens (including phenoxy) is 10. The lowest BCUT2D eigenvalue weighted by molar-refractivity contribution is -0.294. The fraction of sp³-hybridized carbons (Fsp3) is 0.857. The molecule has 0 aromatic carbocycles. The highest BCUT2D eigenvalue weighted by Crippen LogP contribution is 2.58. The molecule has 0 saturated carbocycles. The van der Waals surface area contributed by atoms with Gasteiger partial charge in [0.25, 0.3) is 0 Å². The SMILES string of the molecule is C=C1C[C@@H]2CC[C@@]34C[C@]5(C)O[C@H]6[C@@H](O3)C3OC(CCC3O[C@H]6C5O4)CC(=O)C[C@@H]3[C@@H](OC)[C@@H](C[C@H]4CNC(=O)O4)O[C@H]3CC3O[C@@H](CCC1O2)C[C@@H](C)C3=C. The van der Waals surface area contributed by atoms with Gasteiger partial charge in [0.05, 0.1) is 61.5 Å². The second kappa shape index (κ2) is 14.1. The van der Waals surface area contributed by atoms with Gasteiger partial charge in [-0.3, -0.25) is 4.79 Å². The van der Waals surface area contributed by atoms with Gasteiger partial charge < -0.3 is 52.7 Å². The number of methoxy groups -OCH3 is 1. The summed E-state index contributed by atoms with van der Waals surface area (Å²) in [5.74, 6) is -0.666. The Morgan fingerprint density at radius 1 is 0.800 bits per heavy atom. The van der Waals surface area contributed by atoms with Gasteiger partial charge >= 0.3 is 6.09 Å². The summed E-state index contributed by atoms with van der Waals surface area (Å²) in [6, 6.07) is 0. The van der Waals surface area contributed by atoms with Gasteiger partial charge in [0, 0.05) is 51.6 Å². The van der Waals surface area contributed by atoms with Crippen LogP contribution in [-0.4, -0.2) is 128 Å². The molecule has 304 valence electrons. The minimum Gasteiger partial charge on any atom is -0.444 e. The molecule has 0 aromatic rings.